The molecule has 3 atom stereocenters. The van der Waals surface area contributed by atoms with Crippen LogP contribution in [-0.4, -0.2) is 76.2 Å². The number of carbonyl (C=O) groups excluding carboxylic acids is 1. The Morgan fingerprint density at radius 3 is 2.85 bits per heavy atom. The van der Waals surface area contributed by atoms with E-state index in [-0.39, 0.29) is 25.0 Å². The third kappa shape index (κ3) is 4.47. The maximum Gasteiger partial charge on any atom is 0.257 e. The smallest absolute Gasteiger partial charge is 0.257 e. The molecule has 5 rings (SSSR count). The lowest BCUT2D eigenvalue weighted by Crippen LogP contribution is -2.42. The second-order valence-corrected chi connectivity index (χ2v) is 8.24. The average molecular weight is 454 g/mol. The number of aliphatic hydroxyl groups is 1. The molecular weight excluding hydrogens is 426 g/mol. The first-order valence-corrected chi connectivity index (χ1v) is 11.1. The van der Waals surface area contributed by atoms with Crippen LogP contribution in [0, 0.1) is 0 Å². The van der Waals surface area contributed by atoms with Gasteiger partial charge in [0.1, 0.15) is 23.0 Å². The summed E-state index contributed by atoms with van der Waals surface area (Å²) in [6, 6.07) is 7.19. The van der Waals surface area contributed by atoms with Crippen LogP contribution in [0.15, 0.2) is 30.5 Å². The zero-order chi connectivity index (χ0) is 22.8. The fraction of sp³-hybridized carbons (Fsp3) is 0.455. The zero-order valence-corrected chi connectivity index (χ0v) is 18.3. The SMILES string of the molecule is CNc1cc(Nc2cccc([C@H]3CCCOC3)n2)nc2c(C(=O)NC3COC[C@@H]3O)cnn12. The van der Waals surface area contributed by atoms with Crippen molar-refractivity contribution in [1.29, 1.82) is 0 Å². The molecule has 3 aromatic rings. The summed E-state index contributed by atoms with van der Waals surface area (Å²) in [5.41, 5.74) is 1.67. The Bertz CT molecular complexity index is 1140. The molecule has 0 radical (unpaired) electrons. The van der Waals surface area contributed by atoms with Gasteiger partial charge in [-0.1, -0.05) is 6.07 Å². The van der Waals surface area contributed by atoms with Crippen LogP contribution < -0.4 is 16.0 Å². The van der Waals surface area contributed by atoms with Crippen molar-refractivity contribution in [1.82, 2.24) is 24.9 Å². The van der Waals surface area contributed by atoms with Gasteiger partial charge in [0.15, 0.2) is 5.65 Å². The van der Waals surface area contributed by atoms with E-state index in [0.717, 1.165) is 25.1 Å². The van der Waals surface area contributed by atoms with Crippen LogP contribution in [0.2, 0.25) is 0 Å². The first-order valence-electron chi connectivity index (χ1n) is 11.1. The second kappa shape index (κ2) is 9.30. The van der Waals surface area contributed by atoms with Gasteiger partial charge in [0.25, 0.3) is 5.91 Å². The van der Waals surface area contributed by atoms with Crippen molar-refractivity contribution in [2.24, 2.45) is 0 Å². The number of fused-ring (bicyclic) bond motifs is 1. The van der Waals surface area contributed by atoms with Crippen LogP contribution in [0.3, 0.4) is 0 Å². The molecule has 2 aliphatic heterocycles. The summed E-state index contributed by atoms with van der Waals surface area (Å²) < 4.78 is 12.4. The molecule has 2 aliphatic rings. The van der Waals surface area contributed by atoms with Crippen LogP contribution in [0.4, 0.5) is 17.5 Å². The minimum atomic E-state index is -0.734. The van der Waals surface area contributed by atoms with E-state index in [9.17, 15) is 9.90 Å². The second-order valence-electron chi connectivity index (χ2n) is 8.24. The zero-order valence-electron chi connectivity index (χ0n) is 18.3. The molecule has 2 saturated heterocycles. The minimum absolute atomic E-state index is 0.203. The van der Waals surface area contributed by atoms with Gasteiger partial charge in [0, 0.05) is 31.3 Å². The first-order chi connectivity index (χ1) is 16.1. The van der Waals surface area contributed by atoms with Crippen molar-refractivity contribution in [2.75, 3.05) is 44.1 Å². The quantitative estimate of drug-likeness (QED) is 0.435. The first kappa shape index (κ1) is 21.6. The van der Waals surface area contributed by atoms with Crippen LogP contribution in [0.5, 0.6) is 0 Å². The summed E-state index contributed by atoms with van der Waals surface area (Å²) in [4.78, 5) is 22.3. The number of pyridine rings is 1. The van der Waals surface area contributed by atoms with E-state index in [0.29, 0.717) is 35.3 Å². The summed E-state index contributed by atoms with van der Waals surface area (Å²) in [5, 5.41) is 23.4. The van der Waals surface area contributed by atoms with Gasteiger partial charge in [-0.05, 0) is 25.0 Å². The van der Waals surface area contributed by atoms with Gasteiger partial charge in [-0.2, -0.15) is 9.61 Å². The van der Waals surface area contributed by atoms with Gasteiger partial charge in [0.2, 0.25) is 0 Å². The van der Waals surface area contributed by atoms with Crippen LogP contribution in [0.1, 0.15) is 34.8 Å². The van der Waals surface area contributed by atoms with Gasteiger partial charge in [-0.15, -0.1) is 0 Å². The molecule has 0 aromatic carbocycles. The van der Waals surface area contributed by atoms with Gasteiger partial charge in [-0.3, -0.25) is 4.79 Å². The van der Waals surface area contributed by atoms with E-state index in [1.54, 1.807) is 17.6 Å². The summed E-state index contributed by atoms with van der Waals surface area (Å²) in [5.74, 6) is 1.75. The fourth-order valence-electron chi connectivity index (χ4n) is 4.15. The largest absolute Gasteiger partial charge is 0.388 e. The highest BCUT2D eigenvalue weighted by Gasteiger charge is 2.29. The normalized spacial score (nSPS) is 22.9. The van der Waals surface area contributed by atoms with Gasteiger partial charge in [-0.25, -0.2) is 9.97 Å². The number of aliphatic hydroxyl groups excluding tert-OH is 1. The summed E-state index contributed by atoms with van der Waals surface area (Å²) in [6.45, 7) is 1.95. The van der Waals surface area contributed by atoms with Crippen molar-refractivity contribution in [3.63, 3.8) is 0 Å². The fourth-order valence-corrected chi connectivity index (χ4v) is 4.15. The number of hydrogen-bond donors (Lipinski definition) is 4. The number of ether oxygens (including phenoxy) is 2. The lowest BCUT2D eigenvalue weighted by molar-refractivity contribution is 0.0793. The van der Waals surface area contributed by atoms with Gasteiger partial charge in [0.05, 0.1) is 38.2 Å². The standard InChI is InChI=1S/C22H27N7O4/c1-23-20-8-19(27-18-6-2-5-15(25-18)13-4-3-7-32-10-13)28-21-14(9-24-29(20)21)22(31)26-16-11-33-12-17(16)30/h2,5-6,8-9,13,16-17,23,30H,3-4,7,10-12H2,1H3,(H,26,31)(H,25,27,28)/t13-,16?,17-/m0/s1. The number of hydrogen-bond acceptors (Lipinski definition) is 9. The van der Waals surface area contributed by atoms with Crippen molar-refractivity contribution >= 4 is 29.0 Å². The summed E-state index contributed by atoms with van der Waals surface area (Å²) >= 11 is 0. The lowest BCUT2D eigenvalue weighted by Gasteiger charge is -2.22. The Hall–Kier alpha value is -3.28. The van der Waals surface area contributed by atoms with Crippen LogP contribution >= 0.6 is 0 Å². The topological polar surface area (TPSA) is 135 Å². The van der Waals surface area contributed by atoms with Gasteiger partial charge >= 0.3 is 0 Å². The van der Waals surface area contributed by atoms with E-state index in [1.807, 2.05) is 18.2 Å². The van der Waals surface area contributed by atoms with Crippen molar-refractivity contribution in [2.45, 2.75) is 30.9 Å². The molecule has 33 heavy (non-hydrogen) atoms. The Balaban J connectivity index is 1.42. The Morgan fingerprint density at radius 2 is 2.09 bits per heavy atom. The Labute approximate surface area is 190 Å². The maximum absolute atomic E-state index is 12.9. The molecule has 1 amide bonds. The molecule has 4 N–H and O–H groups in total. The third-order valence-corrected chi connectivity index (χ3v) is 5.94. The molecule has 174 valence electrons. The maximum atomic E-state index is 12.9. The molecule has 0 saturated carbocycles. The van der Waals surface area contributed by atoms with Gasteiger partial charge < -0.3 is 30.5 Å². The van der Waals surface area contributed by atoms with Crippen molar-refractivity contribution in [3.8, 4) is 0 Å². The number of nitrogens with one attached hydrogen (secondary N) is 3. The molecule has 11 heteroatoms. The van der Waals surface area contributed by atoms with E-state index in [4.69, 9.17) is 14.5 Å². The predicted molar refractivity (Wildman–Crippen MR) is 121 cm³/mol. The van der Waals surface area contributed by atoms with Crippen molar-refractivity contribution < 1.29 is 19.4 Å². The third-order valence-electron chi connectivity index (χ3n) is 5.94. The number of anilines is 3. The van der Waals surface area contributed by atoms with E-state index < -0.39 is 12.1 Å². The highest BCUT2D eigenvalue weighted by atomic mass is 16.5. The molecule has 5 heterocycles. The van der Waals surface area contributed by atoms with E-state index in [1.165, 1.54) is 6.20 Å². The Morgan fingerprint density at radius 1 is 1.18 bits per heavy atom. The number of aromatic nitrogens is 4. The molecule has 11 nitrogen and oxygen atoms in total. The lowest BCUT2D eigenvalue weighted by atomic mass is 9.98. The molecule has 0 spiro atoms. The summed E-state index contributed by atoms with van der Waals surface area (Å²) in [7, 11) is 1.77. The highest BCUT2D eigenvalue weighted by molar-refractivity contribution is 6.00. The summed E-state index contributed by atoms with van der Waals surface area (Å²) in [6.07, 6.45) is 2.82. The number of nitrogens with zero attached hydrogens (tertiary/aromatic N) is 4. The molecular formula is C22H27N7O4. The molecule has 1 unspecified atom stereocenters. The van der Waals surface area contributed by atoms with E-state index in [2.05, 4.69) is 26.0 Å². The molecule has 0 aliphatic carbocycles. The minimum Gasteiger partial charge on any atom is -0.388 e. The number of amides is 1. The molecule has 2 fully saturated rings. The van der Waals surface area contributed by atoms with Crippen LogP contribution in [-0.2, 0) is 9.47 Å². The van der Waals surface area contributed by atoms with E-state index >= 15 is 0 Å². The van der Waals surface area contributed by atoms with Crippen LogP contribution in [0.25, 0.3) is 5.65 Å². The number of carbonyl (C=O) groups is 1. The highest BCUT2D eigenvalue weighted by Crippen LogP contribution is 2.26. The van der Waals surface area contributed by atoms with Crippen molar-refractivity contribution in [3.05, 3.63) is 41.7 Å². The predicted octanol–water partition coefficient (Wildman–Crippen LogP) is 1.29. The molecule has 3 aromatic heterocycles. The average Bonchev–Trinajstić information content (AvgIpc) is 3.45. The number of rotatable bonds is 6. The molecule has 0 bridgehead atoms. The monoisotopic (exact) mass is 453 g/mol. The Kier molecular flexibility index (Phi) is 6.07.